The van der Waals surface area contributed by atoms with Gasteiger partial charge in [-0.3, -0.25) is 0 Å². The monoisotopic (exact) mass is 349 g/mol. The van der Waals surface area contributed by atoms with Gasteiger partial charge in [0.05, 0.1) is 6.54 Å². The molecule has 1 rings (SSSR count). The zero-order chi connectivity index (χ0) is 18.0. The maximum atomic E-state index is 3.42. The van der Waals surface area contributed by atoms with Crippen LogP contribution in [0.5, 0.6) is 0 Å². The minimum Gasteiger partial charge on any atom is -0.248 e. The molecule has 2 nitrogen and oxygen atoms in total. The van der Waals surface area contributed by atoms with Crippen molar-refractivity contribution in [3.05, 3.63) is 18.2 Å². The molecule has 0 atom stereocenters. The zero-order valence-corrected chi connectivity index (χ0v) is 17.3. The van der Waals surface area contributed by atoms with Crippen molar-refractivity contribution in [3.8, 4) is 0 Å². The van der Waals surface area contributed by atoms with Crippen LogP contribution in [-0.4, -0.2) is 4.98 Å². The van der Waals surface area contributed by atoms with Crippen LogP contribution in [0.2, 0.25) is 0 Å². The summed E-state index contributed by atoms with van der Waals surface area (Å²) in [5, 5.41) is 0. The first kappa shape index (κ1) is 22.3. The van der Waals surface area contributed by atoms with Crippen molar-refractivity contribution < 1.29 is 4.57 Å². The minimum atomic E-state index is 1.17. The van der Waals surface area contributed by atoms with Crippen LogP contribution in [-0.2, 0) is 13.0 Å². The van der Waals surface area contributed by atoms with E-state index in [0.717, 1.165) is 0 Å². The molecular formula is C23H45N2+. The highest BCUT2D eigenvalue weighted by Crippen LogP contribution is 2.13. The van der Waals surface area contributed by atoms with Crippen molar-refractivity contribution in [2.75, 3.05) is 0 Å². The van der Waals surface area contributed by atoms with E-state index in [1.54, 1.807) is 0 Å². The molecule has 1 heterocycles. The van der Waals surface area contributed by atoms with Gasteiger partial charge in [-0.25, -0.2) is 9.55 Å². The number of hydrogen-bond acceptors (Lipinski definition) is 0. The van der Waals surface area contributed by atoms with Crippen LogP contribution < -0.4 is 4.57 Å². The van der Waals surface area contributed by atoms with E-state index in [2.05, 4.69) is 35.8 Å². The Bertz CT molecular complexity index is 383. The zero-order valence-electron chi connectivity index (χ0n) is 17.3. The number of H-pyrrole nitrogens is 1. The second-order valence-electron chi connectivity index (χ2n) is 7.80. The lowest BCUT2D eigenvalue weighted by Crippen LogP contribution is -2.35. The molecule has 146 valence electrons. The highest BCUT2D eigenvalue weighted by atomic mass is 15.1. The molecule has 1 aromatic rings. The fourth-order valence-corrected chi connectivity index (χ4v) is 3.64. The van der Waals surface area contributed by atoms with Crippen molar-refractivity contribution in [3.63, 3.8) is 0 Å². The first-order valence-electron chi connectivity index (χ1n) is 11.4. The number of nitrogens with zero attached hydrogens (tertiary/aromatic N) is 1. The molecule has 2 heteroatoms. The Morgan fingerprint density at radius 1 is 0.640 bits per heavy atom. The number of rotatable bonds is 18. The van der Waals surface area contributed by atoms with Gasteiger partial charge in [-0.2, -0.15) is 0 Å². The summed E-state index contributed by atoms with van der Waals surface area (Å²) in [6.45, 7) is 5.73. The Labute approximate surface area is 157 Å². The second kappa shape index (κ2) is 16.7. The van der Waals surface area contributed by atoms with Gasteiger partial charge in [-0.15, -0.1) is 0 Å². The number of imidazole rings is 1. The standard InChI is InChI=1S/C23H44N2/c1-3-5-7-8-9-10-11-12-13-14-15-16-17-18-19-23-24-20-22-25(23)21-6-4-2/h20,22H,3-19,21H2,1-2H3/p+1. The van der Waals surface area contributed by atoms with Crippen molar-refractivity contribution in [1.29, 1.82) is 0 Å². The molecule has 0 aliphatic carbocycles. The lowest BCUT2D eigenvalue weighted by Gasteiger charge is -2.03. The number of aromatic nitrogens is 2. The van der Waals surface area contributed by atoms with E-state index >= 15 is 0 Å². The van der Waals surface area contributed by atoms with Crippen LogP contribution in [0.1, 0.15) is 122 Å². The average Bonchev–Trinajstić information content (AvgIpc) is 3.07. The summed E-state index contributed by atoms with van der Waals surface area (Å²) in [5.41, 5.74) is 0. The van der Waals surface area contributed by atoms with Gasteiger partial charge in [-0.05, 0) is 12.8 Å². The van der Waals surface area contributed by atoms with Crippen molar-refractivity contribution in [2.24, 2.45) is 0 Å². The van der Waals surface area contributed by atoms with E-state index in [0.29, 0.717) is 0 Å². The third kappa shape index (κ3) is 12.2. The van der Waals surface area contributed by atoms with Gasteiger partial charge in [0, 0.05) is 6.42 Å². The van der Waals surface area contributed by atoms with Gasteiger partial charge in [0.25, 0.3) is 5.82 Å². The smallest absolute Gasteiger partial charge is 0.248 e. The van der Waals surface area contributed by atoms with Crippen LogP contribution in [0, 0.1) is 0 Å². The summed E-state index contributed by atoms with van der Waals surface area (Å²) in [6, 6.07) is 0. The van der Waals surface area contributed by atoms with Crippen molar-refractivity contribution in [2.45, 2.75) is 130 Å². The molecule has 0 spiro atoms. The van der Waals surface area contributed by atoms with Gasteiger partial charge in [0.2, 0.25) is 0 Å². The molecule has 0 amide bonds. The molecule has 25 heavy (non-hydrogen) atoms. The molecule has 1 N–H and O–H groups in total. The molecule has 0 unspecified atom stereocenters. The van der Waals surface area contributed by atoms with Gasteiger partial charge >= 0.3 is 0 Å². The molecule has 0 fully saturated rings. The Morgan fingerprint density at radius 2 is 1.12 bits per heavy atom. The SMILES string of the molecule is CCCCCCCCCCCCCCCCc1[nH]cc[n+]1CCCC. The number of hydrogen-bond donors (Lipinski definition) is 1. The highest BCUT2D eigenvalue weighted by Gasteiger charge is 2.08. The third-order valence-corrected chi connectivity index (χ3v) is 5.37. The predicted molar refractivity (Wildman–Crippen MR) is 110 cm³/mol. The molecule has 0 saturated carbocycles. The summed E-state index contributed by atoms with van der Waals surface area (Å²) < 4.78 is 2.41. The van der Waals surface area contributed by atoms with E-state index in [-0.39, 0.29) is 0 Å². The molecular weight excluding hydrogens is 304 g/mol. The Hall–Kier alpha value is -0.790. The number of unbranched alkanes of at least 4 members (excludes halogenated alkanes) is 14. The fraction of sp³-hybridized carbons (Fsp3) is 0.870. The van der Waals surface area contributed by atoms with E-state index < -0.39 is 0 Å². The third-order valence-electron chi connectivity index (χ3n) is 5.37. The van der Waals surface area contributed by atoms with Crippen LogP contribution >= 0.6 is 0 Å². The number of aromatic amines is 1. The van der Waals surface area contributed by atoms with Crippen LogP contribution in [0.4, 0.5) is 0 Å². The Balaban J connectivity index is 1.84. The van der Waals surface area contributed by atoms with Crippen molar-refractivity contribution >= 4 is 0 Å². The number of aryl methyl sites for hydroxylation is 2. The van der Waals surface area contributed by atoms with Crippen LogP contribution in [0.25, 0.3) is 0 Å². The Morgan fingerprint density at radius 3 is 1.64 bits per heavy atom. The summed E-state index contributed by atoms with van der Waals surface area (Å²) in [5.74, 6) is 1.42. The summed E-state index contributed by atoms with van der Waals surface area (Å²) in [7, 11) is 0. The van der Waals surface area contributed by atoms with Gasteiger partial charge in [0.1, 0.15) is 12.4 Å². The lowest BCUT2D eigenvalue weighted by molar-refractivity contribution is -0.703. The highest BCUT2D eigenvalue weighted by molar-refractivity contribution is 4.77. The number of nitrogens with one attached hydrogen (secondary N) is 1. The fourth-order valence-electron chi connectivity index (χ4n) is 3.64. The van der Waals surface area contributed by atoms with Gasteiger partial charge in [-0.1, -0.05) is 104 Å². The van der Waals surface area contributed by atoms with Crippen molar-refractivity contribution in [1.82, 2.24) is 4.98 Å². The second-order valence-corrected chi connectivity index (χ2v) is 7.80. The molecule has 0 aliphatic rings. The maximum absolute atomic E-state index is 3.42. The van der Waals surface area contributed by atoms with Gasteiger partial charge in [0.15, 0.2) is 0 Å². The van der Waals surface area contributed by atoms with E-state index in [4.69, 9.17) is 0 Å². The molecule has 0 saturated heterocycles. The molecule has 0 aromatic carbocycles. The van der Waals surface area contributed by atoms with Crippen LogP contribution in [0.15, 0.2) is 12.4 Å². The molecule has 0 bridgehead atoms. The average molecular weight is 350 g/mol. The molecule has 0 aliphatic heterocycles. The maximum Gasteiger partial charge on any atom is 0.254 e. The van der Waals surface area contributed by atoms with Gasteiger partial charge < -0.3 is 0 Å². The van der Waals surface area contributed by atoms with Crippen LogP contribution in [0.3, 0.4) is 0 Å². The quantitative estimate of drug-likeness (QED) is 0.215. The van der Waals surface area contributed by atoms with E-state index in [1.165, 1.54) is 122 Å². The summed E-state index contributed by atoms with van der Waals surface area (Å²) in [6.07, 6.45) is 28.2. The first-order valence-corrected chi connectivity index (χ1v) is 11.4. The minimum absolute atomic E-state index is 1.17. The summed E-state index contributed by atoms with van der Waals surface area (Å²) >= 11 is 0. The molecule has 1 aromatic heterocycles. The first-order chi connectivity index (χ1) is 12.4. The molecule has 0 radical (unpaired) electrons. The predicted octanol–water partition coefficient (Wildman–Crippen LogP) is 7.13. The lowest BCUT2D eigenvalue weighted by atomic mass is 10.0. The topological polar surface area (TPSA) is 19.7 Å². The summed E-state index contributed by atoms with van der Waals surface area (Å²) in [4.78, 5) is 3.42. The largest absolute Gasteiger partial charge is 0.254 e. The normalized spacial score (nSPS) is 11.3. The van der Waals surface area contributed by atoms with E-state index in [9.17, 15) is 0 Å². The Kier molecular flexibility index (Phi) is 14.8. The van der Waals surface area contributed by atoms with E-state index in [1.807, 2.05) is 0 Å².